The second kappa shape index (κ2) is 8.97. The molecule has 36 heavy (non-hydrogen) atoms. The lowest BCUT2D eigenvalue weighted by atomic mass is 9.95. The molecule has 0 aliphatic carbocycles. The van der Waals surface area contributed by atoms with Crippen molar-refractivity contribution in [1.82, 2.24) is 4.98 Å². The summed E-state index contributed by atoms with van der Waals surface area (Å²) in [6, 6.07) is 13.6. The third kappa shape index (κ3) is 3.91. The molecule has 1 amide bonds. The Hall–Kier alpha value is -4.44. The highest BCUT2D eigenvalue weighted by Gasteiger charge is 2.48. The van der Waals surface area contributed by atoms with E-state index in [1.807, 2.05) is 0 Å². The van der Waals surface area contributed by atoms with Crippen LogP contribution in [0.15, 0.2) is 72.3 Å². The molecule has 3 aromatic carbocycles. The summed E-state index contributed by atoms with van der Waals surface area (Å²) in [4.78, 5) is 43.9. The molecule has 0 radical (unpaired) electrons. The highest BCUT2D eigenvalue weighted by Crippen LogP contribution is 2.44. The van der Waals surface area contributed by atoms with Gasteiger partial charge in [-0.3, -0.25) is 14.5 Å². The van der Waals surface area contributed by atoms with Crippen LogP contribution in [-0.2, 0) is 14.3 Å². The molecule has 4 aromatic rings. The number of ether oxygens (including phenoxy) is 1. The lowest BCUT2D eigenvalue weighted by Crippen LogP contribution is -2.29. The molecule has 1 unspecified atom stereocenters. The van der Waals surface area contributed by atoms with Crippen molar-refractivity contribution in [3.8, 4) is 0 Å². The van der Waals surface area contributed by atoms with E-state index in [1.54, 1.807) is 0 Å². The molecule has 1 aromatic heterocycles. The summed E-state index contributed by atoms with van der Waals surface area (Å²) in [6.07, 6.45) is 0. The number of Topliss-reactive ketones (excluding diaryl/α,β-unsaturated/α-hetero) is 1. The summed E-state index contributed by atoms with van der Waals surface area (Å²) in [5.74, 6) is -4.00. The molecule has 0 spiro atoms. The van der Waals surface area contributed by atoms with Crippen LogP contribution < -0.4 is 4.90 Å². The number of carbonyl (C=O) groups is 3. The molecule has 1 aliphatic heterocycles. The number of aliphatic hydroxyl groups is 1. The molecular formula is C26H16F2N2O5S. The lowest BCUT2D eigenvalue weighted by Gasteiger charge is -2.23. The molecule has 1 fully saturated rings. The Kier molecular flexibility index (Phi) is 5.81. The Morgan fingerprint density at radius 2 is 1.61 bits per heavy atom. The summed E-state index contributed by atoms with van der Waals surface area (Å²) in [5, 5.41) is 11.2. The van der Waals surface area contributed by atoms with Crippen LogP contribution in [0.2, 0.25) is 0 Å². The van der Waals surface area contributed by atoms with Crippen LogP contribution in [0.3, 0.4) is 0 Å². The summed E-state index contributed by atoms with van der Waals surface area (Å²) >= 11 is 1.01. The van der Waals surface area contributed by atoms with Crippen LogP contribution >= 0.6 is 11.3 Å². The smallest absolute Gasteiger partial charge is 0.337 e. The molecule has 2 heterocycles. The fourth-order valence-corrected chi connectivity index (χ4v) is 5.03. The summed E-state index contributed by atoms with van der Waals surface area (Å²) in [5.41, 5.74) is 0.972. The Morgan fingerprint density at radius 3 is 2.28 bits per heavy atom. The molecule has 180 valence electrons. The van der Waals surface area contributed by atoms with Crippen molar-refractivity contribution in [3.63, 3.8) is 0 Å². The van der Waals surface area contributed by atoms with Crippen LogP contribution in [0.5, 0.6) is 0 Å². The van der Waals surface area contributed by atoms with E-state index in [9.17, 15) is 28.3 Å². The summed E-state index contributed by atoms with van der Waals surface area (Å²) in [7, 11) is 1.24. The van der Waals surface area contributed by atoms with E-state index in [0.717, 1.165) is 28.4 Å². The number of aromatic nitrogens is 1. The maximum absolute atomic E-state index is 13.8. The molecule has 1 aliphatic rings. The first-order valence-corrected chi connectivity index (χ1v) is 11.4. The first-order chi connectivity index (χ1) is 17.3. The molecule has 5 rings (SSSR count). The standard InChI is InChI=1S/C26H16F2N2O5S/c1-35-25(34)15-4-2-13(3-5-15)21-20(22(31)14-6-8-16(27)9-7-14)23(32)24(33)30(21)26-29-18-11-10-17(28)12-19(18)36-26/h2-12,21,31H,1H3. The maximum Gasteiger partial charge on any atom is 0.337 e. The van der Waals surface area contributed by atoms with Crippen molar-refractivity contribution in [2.24, 2.45) is 0 Å². The second-order valence-electron chi connectivity index (χ2n) is 7.90. The van der Waals surface area contributed by atoms with Crippen molar-refractivity contribution in [2.75, 3.05) is 12.0 Å². The minimum Gasteiger partial charge on any atom is -0.507 e. The van der Waals surface area contributed by atoms with Gasteiger partial charge in [-0.1, -0.05) is 23.5 Å². The first-order valence-electron chi connectivity index (χ1n) is 10.6. The SMILES string of the molecule is COC(=O)c1ccc(C2C(=C(O)c3ccc(F)cc3)C(=O)C(=O)N2c2nc3ccc(F)cc3s2)cc1. The number of benzene rings is 3. The minimum absolute atomic E-state index is 0.123. The average Bonchev–Trinajstić information content (AvgIpc) is 3.41. The Balaban J connectivity index is 1.70. The van der Waals surface area contributed by atoms with Crippen LogP contribution in [0, 0.1) is 11.6 Å². The van der Waals surface area contributed by atoms with Gasteiger partial charge in [0.15, 0.2) is 5.13 Å². The van der Waals surface area contributed by atoms with E-state index in [4.69, 9.17) is 4.74 Å². The number of methoxy groups -OCH3 is 1. The predicted molar refractivity (Wildman–Crippen MR) is 129 cm³/mol. The second-order valence-corrected chi connectivity index (χ2v) is 8.91. The van der Waals surface area contributed by atoms with E-state index >= 15 is 0 Å². The maximum atomic E-state index is 13.8. The number of amides is 1. The largest absolute Gasteiger partial charge is 0.507 e. The Labute approximate surface area is 206 Å². The van der Waals surface area contributed by atoms with Crippen molar-refractivity contribution in [3.05, 3.63) is 101 Å². The number of ketones is 1. The Morgan fingerprint density at radius 1 is 0.972 bits per heavy atom. The van der Waals surface area contributed by atoms with Gasteiger partial charge in [-0.15, -0.1) is 0 Å². The zero-order valence-electron chi connectivity index (χ0n) is 18.6. The van der Waals surface area contributed by atoms with E-state index < -0.39 is 41.1 Å². The zero-order valence-corrected chi connectivity index (χ0v) is 19.4. The number of fused-ring (bicyclic) bond motifs is 1. The van der Waals surface area contributed by atoms with Gasteiger partial charge in [0, 0.05) is 5.56 Å². The fraction of sp³-hybridized carbons (Fsp3) is 0.0769. The molecule has 7 nitrogen and oxygen atoms in total. The summed E-state index contributed by atoms with van der Waals surface area (Å²) in [6.45, 7) is 0. The van der Waals surface area contributed by atoms with Crippen LogP contribution in [0.25, 0.3) is 16.0 Å². The van der Waals surface area contributed by atoms with Crippen molar-refractivity contribution in [2.45, 2.75) is 6.04 Å². The number of hydrogen-bond acceptors (Lipinski definition) is 7. The number of hydrogen-bond donors (Lipinski definition) is 1. The van der Waals surface area contributed by atoms with Gasteiger partial charge < -0.3 is 9.84 Å². The van der Waals surface area contributed by atoms with Gasteiger partial charge >= 0.3 is 11.9 Å². The van der Waals surface area contributed by atoms with Crippen molar-refractivity contribution >= 4 is 50.1 Å². The Bertz CT molecular complexity index is 1560. The van der Waals surface area contributed by atoms with Crippen molar-refractivity contribution in [1.29, 1.82) is 0 Å². The van der Waals surface area contributed by atoms with Gasteiger partial charge in [-0.2, -0.15) is 0 Å². The van der Waals surface area contributed by atoms with Crippen molar-refractivity contribution < 1.29 is 33.0 Å². The topological polar surface area (TPSA) is 96.8 Å². The highest BCUT2D eigenvalue weighted by atomic mass is 32.1. The van der Waals surface area contributed by atoms with Gasteiger partial charge in [0.25, 0.3) is 5.78 Å². The molecule has 1 N–H and O–H groups in total. The predicted octanol–water partition coefficient (Wildman–Crippen LogP) is 4.99. The van der Waals surface area contributed by atoms with E-state index in [-0.39, 0.29) is 21.8 Å². The number of anilines is 1. The monoisotopic (exact) mass is 506 g/mol. The number of nitrogens with zero attached hydrogens (tertiary/aromatic N) is 2. The van der Waals surface area contributed by atoms with Gasteiger partial charge in [-0.05, 0) is 60.2 Å². The van der Waals surface area contributed by atoms with Crippen LogP contribution in [-0.4, -0.2) is 34.9 Å². The number of halogens is 2. The fourth-order valence-electron chi connectivity index (χ4n) is 4.02. The normalized spacial score (nSPS) is 17.1. The molecule has 0 bridgehead atoms. The van der Waals surface area contributed by atoms with Gasteiger partial charge in [-0.25, -0.2) is 18.6 Å². The highest BCUT2D eigenvalue weighted by molar-refractivity contribution is 7.22. The molecular weight excluding hydrogens is 490 g/mol. The average molecular weight is 506 g/mol. The molecule has 1 saturated heterocycles. The quantitative estimate of drug-likeness (QED) is 0.181. The van der Waals surface area contributed by atoms with Crippen LogP contribution in [0.1, 0.15) is 27.5 Å². The molecule has 0 saturated carbocycles. The van der Waals surface area contributed by atoms with Gasteiger partial charge in [0.1, 0.15) is 17.4 Å². The number of carbonyl (C=O) groups excluding carboxylic acids is 3. The number of rotatable bonds is 4. The van der Waals surface area contributed by atoms with Gasteiger partial charge in [0.05, 0.1) is 34.5 Å². The summed E-state index contributed by atoms with van der Waals surface area (Å²) < 4.78 is 32.4. The zero-order chi connectivity index (χ0) is 25.6. The van der Waals surface area contributed by atoms with Crippen LogP contribution in [0.4, 0.5) is 13.9 Å². The van der Waals surface area contributed by atoms with Gasteiger partial charge in [0.2, 0.25) is 0 Å². The minimum atomic E-state index is -1.12. The number of aliphatic hydroxyl groups excluding tert-OH is 1. The van der Waals surface area contributed by atoms with E-state index in [2.05, 4.69) is 4.98 Å². The third-order valence-corrected chi connectivity index (χ3v) is 6.77. The number of esters is 1. The molecule has 10 heteroatoms. The van der Waals surface area contributed by atoms with E-state index in [1.165, 1.54) is 61.7 Å². The number of thiazole rings is 1. The lowest BCUT2D eigenvalue weighted by molar-refractivity contribution is -0.132. The van der Waals surface area contributed by atoms with E-state index in [0.29, 0.717) is 15.8 Å². The third-order valence-electron chi connectivity index (χ3n) is 5.75. The first kappa shape index (κ1) is 23.3. The molecule has 1 atom stereocenters.